The lowest BCUT2D eigenvalue weighted by molar-refractivity contribution is -0.113. The fourth-order valence-corrected chi connectivity index (χ4v) is 3.91. The van der Waals surface area contributed by atoms with E-state index in [1.54, 1.807) is 13.2 Å². The number of hydrogen-bond acceptors (Lipinski definition) is 4. The summed E-state index contributed by atoms with van der Waals surface area (Å²) in [6.45, 7) is 0. The van der Waals surface area contributed by atoms with Gasteiger partial charge in [-0.25, -0.2) is 4.39 Å². The molecule has 3 nitrogen and oxygen atoms in total. The van der Waals surface area contributed by atoms with Crippen LogP contribution in [0, 0.1) is 5.82 Å². The molecule has 1 aliphatic heterocycles. The van der Waals surface area contributed by atoms with Crippen LogP contribution in [0.3, 0.4) is 0 Å². The first-order valence-electron chi connectivity index (χ1n) is 6.86. The molecule has 0 spiro atoms. The number of amides is 1. The SMILES string of the molecule is COc1ccc(Br)cc1/C=C1\SC(=S)N(c2ccc(F)cc2)C1=O. The lowest BCUT2D eigenvalue weighted by Gasteiger charge is -2.14. The lowest BCUT2D eigenvalue weighted by Crippen LogP contribution is -2.27. The maximum absolute atomic E-state index is 13.1. The lowest BCUT2D eigenvalue weighted by atomic mass is 10.2. The molecule has 2 aromatic carbocycles. The Morgan fingerprint density at radius 1 is 1.25 bits per heavy atom. The molecule has 1 aliphatic rings. The van der Waals surface area contributed by atoms with Crippen LogP contribution in [-0.4, -0.2) is 17.3 Å². The Morgan fingerprint density at radius 3 is 2.62 bits per heavy atom. The molecule has 0 radical (unpaired) electrons. The van der Waals surface area contributed by atoms with Crippen molar-refractivity contribution < 1.29 is 13.9 Å². The molecule has 0 aliphatic carbocycles. The Morgan fingerprint density at radius 2 is 1.96 bits per heavy atom. The molecular formula is C17H11BrFNO2S2. The minimum atomic E-state index is -0.362. The third kappa shape index (κ3) is 3.38. The Kier molecular flexibility index (Phi) is 5.03. The van der Waals surface area contributed by atoms with E-state index in [0.29, 0.717) is 20.7 Å². The quantitative estimate of drug-likeness (QED) is 0.512. The molecule has 7 heteroatoms. The van der Waals surface area contributed by atoms with E-state index in [2.05, 4.69) is 15.9 Å². The fraction of sp³-hybridized carbons (Fsp3) is 0.0588. The molecule has 0 unspecified atom stereocenters. The second-order valence-electron chi connectivity index (χ2n) is 4.88. The second kappa shape index (κ2) is 7.04. The summed E-state index contributed by atoms with van der Waals surface area (Å²) in [6.07, 6.45) is 1.74. The number of rotatable bonds is 3. The Balaban J connectivity index is 1.97. The standard InChI is InChI=1S/C17H11BrFNO2S2/c1-22-14-7-2-11(18)8-10(14)9-15-16(21)20(17(23)24-15)13-5-3-12(19)4-6-13/h2-9H,1H3/b15-9-. The van der Waals surface area contributed by atoms with Crippen LogP contribution < -0.4 is 9.64 Å². The van der Waals surface area contributed by atoms with Gasteiger partial charge in [-0.05, 0) is 48.5 Å². The van der Waals surface area contributed by atoms with Crippen LogP contribution in [0.2, 0.25) is 0 Å². The Bertz CT molecular complexity index is 852. The van der Waals surface area contributed by atoms with Gasteiger partial charge in [-0.1, -0.05) is 39.9 Å². The highest BCUT2D eigenvalue weighted by molar-refractivity contribution is 9.10. The highest BCUT2D eigenvalue weighted by Crippen LogP contribution is 2.37. The van der Waals surface area contributed by atoms with Crippen molar-refractivity contribution in [3.8, 4) is 5.75 Å². The van der Waals surface area contributed by atoms with Gasteiger partial charge in [0.25, 0.3) is 5.91 Å². The van der Waals surface area contributed by atoms with Crippen LogP contribution in [0.1, 0.15) is 5.56 Å². The number of anilines is 1. The van der Waals surface area contributed by atoms with Gasteiger partial charge in [0.15, 0.2) is 4.32 Å². The van der Waals surface area contributed by atoms with Gasteiger partial charge in [-0.3, -0.25) is 9.69 Å². The van der Waals surface area contributed by atoms with Crippen molar-refractivity contribution in [1.82, 2.24) is 0 Å². The van der Waals surface area contributed by atoms with Gasteiger partial charge in [-0.2, -0.15) is 0 Å². The number of carbonyl (C=O) groups is 1. The zero-order valence-corrected chi connectivity index (χ0v) is 15.7. The summed E-state index contributed by atoms with van der Waals surface area (Å²) < 4.78 is 19.7. The van der Waals surface area contributed by atoms with E-state index in [1.165, 1.54) is 40.9 Å². The van der Waals surface area contributed by atoms with Gasteiger partial charge in [0.2, 0.25) is 0 Å². The second-order valence-corrected chi connectivity index (χ2v) is 7.47. The van der Waals surface area contributed by atoms with E-state index in [0.717, 1.165) is 10.0 Å². The average Bonchev–Trinajstić information content (AvgIpc) is 2.83. The average molecular weight is 424 g/mol. The number of nitrogens with zero attached hydrogens (tertiary/aromatic N) is 1. The van der Waals surface area contributed by atoms with Crippen molar-refractivity contribution in [3.05, 3.63) is 63.2 Å². The minimum Gasteiger partial charge on any atom is -0.496 e. The van der Waals surface area contributed by atoms with Crippen molar-refractivity contribution in [2.24, 2.45) is 0 Å². The minimum absolute atomic E-state index is 0.237. The van der Waals surface area contributed by atoms with E-state index >= 15 is 0 Å². The summed E-state index contributed by atoms with van der Waals surface area (Å²) in [4.78, 5) is 14.6. The van der Waals surface area contributed by atoms with Crippen LogP contribution in [0.15, 0.2) is 51.8 Å². The van der Waals surface area contributed by atoms with Crippen LogP contribution in [0.4, 0.5) is 10.1 Å². The molecule has 0 atom stereocenters. The number of benzene rings is 2. The summed E-state index contributed by atoms with van der Waals surface area (Å²) in [7, 11) is 1.57. The molecule has 1 fully saturated rings. The predicted octanol–water partition coefficient (Wildman–Crippen LogP) is 5.00. The molecule has 24 heavy (non-hydrogen) atoms. The molecule has 0 bridgehead atoms. The summed E-state index contributed by atoms with van der Waals surface area (Å²) in [5.41, 5.74) is 1.31. The number of ether oxygens (including phenoxy) is 1. The molecule has 0 saturated carbocycles. The van der Waals surface area contributed by atoms with E-state index in [4.69, 9.17) is 17.0 Å². The highest BCUT2D eigenvalue weighted by Gasteiger charge is 2.33. The normalized spacial score (nSPS) is 16.1. The summed E-state index contributed by atoms with van der Waals surface area (Å²) in [5, 5.41) is 0. The van der Waals surface area contributed by atoms with Crippen molar-refractivity contribution in [3.63, 3.8) is 0 Å². The van der Waals surface area contributed by atoms with E-state index in [1.807, 2.05) is 18.2 Å². The van der Waals surface area contributed by atoms with Crippen molar-refractivity contribution in [2.45, 2.75) is 0 Å². The van der Waals surface area contributed by atoms with E-state index in [9.17, 15) is 9.18 Å². The van der Waals surface area contributed by atoms with Crippen molar-refractivity contribution >= 4 is 61.9 Å². The number of halogens is 2. The third-order valence-electron chi connectivity index (χ3n) is 3.36. The highest BCUT2D eigenvalue weighted by atomic mass is 79.9. The van der Waals surface area contributed by atoms with Crippen molar-refractivity contribution in [1.29, 1.82) is 0 Å². The molecule has 1 heterocycles. The summed E-state index contributed by atoms with van der Waals surface area (Å²) >= 11 is 9.92. The number of hydrogen-bond donors (Lipinski definition) is 0. The Hall–Kier alpha value is -1.70. The first kappa shape index (κ1) is 17.1. The maximum Gasteiger partial charge on any atom is 0.270 e. The van der Waals surface area contributed by atoms with Gasteiger partial charge in [-0.15, -0.1) is 0 Å². The first-order chi connectivity index (χ1) is 11.5. The van der Waals surface area contributed by atoms with E-state index < -0.39 is 0 Å². The van der Waals surface area contributed by atoms with Crippen molar-refractivity contribution in [2.75, 3.05) is 12.0 Å². The zero-order valence-electron chi connectivity index (χ0n) is 12.5. The van der Waals surface area contributed by atoms with Gasteiger partial charge >= 0.3 is 0 Å². The Labute approximate surface area is 156 Å². The number of carbonyl (C=O) groups excluding carboxylic acids is 1. The molecule has 1 amide bonds. The molecule has 3 rings (SSSR count). The van der Waals surface area contributed by atoms with Crippen LogP contribution in [0.25, 0.3) is 6.08 Å². The largest absolute Gasteiger partial charge is 0.496 e. The van der Waals surface area contributed by atoms with Gasteiger partial charge in [0, 0.05) is 10.0 Å². The van der Waals surface area contributed by atoms with Gasteiger partial charge in [0.1, 0.15) is 11.6 Å². The first-order valence-corrected chi connectivity index (χ1v) is 8.88. The van der Waals surface area contributed by atoms with Crippen LogP contribution >= 0.6 is 39.9 Å². The molecule has 0 N–H and O–H groups in total. The summed E-state index contributed by atoms with van der Waals surface area (Å²) in [5.74, 6) is 0.0579. The maximum atomic E-state index is 13.1. The molecule has 1 saturated heterocycles. The third-order valence-corrected chi connectivity index (χ3v) is 5.15. The molecular weight excluding hydrogens is 413 g/mol. The van der Waals surface area contributed by atoms with E-state index in [-0.39, 0.29) is 11.7 Å². The molecule has 2 aromatic rings. The van der Waals surface area contributed by atoms with Gasteiger partial charge in [0.05, 0.1) is 17.7 Å². The monoisotopic (exact) mass is 423 g/mol. The summed E-state index contributed by atoms with van der Waals surface area (Å²) in [6, 6.07) is 11.2. The predicted molar refractivity (Wildman–Crippen MR) is 103 cm³/mol. The smallest absolute Gasteiger partial charge is 0.270 e. The molecule has 122 valence electrons. The molecule has 0 aromatic heterocycles. The van der Waals surface area contributed by atoms with Gasteiger partial charge < -0.3 is 4.74 Å². The fourth-order valence-electron chi connectivity index (χ4n) is 2.24. The van der Waals surface area contributed by atoms with Crippen LogP contribution in [-0.2, 0) is 4.79 Å². The number of thioether (sulfide) groups is 1. The van der Waals surface area contributed by atoms with Crippen LogP contribution in [0.5, 0.6) is 5.75 Å². The number of methoxy groups -OCH3 is 1. The number of thiocarbonyl (C=S) groups is 1. The zero-order chi connectivity index (χ0) is 17.3. The topological polar surface area (TPSA) is 29.5 Å².